The number of hydrogen-bond acceptors (Lipinski definition) is 3. The van der Waals surface area contributed by atoms with Gasteiger partial charge in [-0.15, -0.1) is 0 Å². The number of aryl methyl sites for hydroxylation is 2. The van der Waals surface area contributed by atoms with Crippen LogP contribution in [0.25, 0.3) is 22.2 Å². The fraction of sp³-hybridized carbons (Fsp3) is 0.316. The van der Waals surface area contributed by atoms with Gasteiger partial charge in [0.25, 0.3) is 0 Å². The van der Waals surface area contributed by atoms with Gasteiger partial charge in [-0.1, -0.05) is 20.8 Å². The van der Waals surface area contributed by atoms with Crippen LogP contribution in [0, 0.1) is 13.8 Å². The van der Waals surface area contributed by atoms with Crippen LogP contribution in [0.15, 0.2) is 35.4 Å². The fourth-order valence-corrected chi connectivity index (χ4v) is 2.97. The molecule has 0 spiro atoms. The van der Waals surface area contributed by atoms with Gasteiger partial charge in [0.1, 0.15) is 0 Å². The van der Waals surface area contributed by atoms with E-state index in [0.29, 0.717) is 5.39 Å². The molecule has 0 fully saturated rings. The predicted octanol–water partition coefficient (Wildman–Crippen LogP) is 3.90. The highest BCUT2D eigenvalue weighted by atomic mass is 16.1. The van der Waals surface area contributed by atoms with Crippen LogP contribution in [-0.2, 0) is 5.41 Å². The molecule has 3 aromatic heterocycles. The minimum Gasteiger partial charge on any atom is -0.354 e. The molecule has 118 valence electrons. The van der Waals surface area contributed by atoms with Crippen molar-refractivity contribution >= 4 is 10.9 Å². The molecule has 0 aliphatic heterocycles. The minimum absolute atomic E-state index is 0.00413. The number of aromatic nitrogens is 3. The van der Waals surface area contributed by atoms with Crippen molar-refractivity contribution in [3.05, 3.63) is 57.8 Å². The van der Waals surface area contributed by atoms with Crippen LogP contribution >= 0.6 is 0 Å². The van der Waals surface area contributed by atoms with Gasteiger partial charge in [0.2, 0.25) is 0 Å². The third kappa shape index (κ3) is 2.77. The second-order valence-electron chi connectivity index (χ2n) is 7.01. The number of rotatable bonds is 1. The van der Waals surface area contributed by atoms with Gasteiger partial charge in [0, 0.05) is 40.8 Å². The molecule has 3 rings (SSSR count). The maximum atomic E-state index is 12.3. The maximum Gasteiger partial charge on any atom is 0.191 e. The number of nitrogens with one attached hydrogen (secondary N) is 1. The number of fused-ring (bicyclic) bond motifs is 1. The van der Waals surface area contributed by atoms with Gasteiger partial charge in [-0.3, -0.25) is 14.8 Å². The lowest BCUT2D eigenvalue weighted by Gasteiger charge is -2.22. The smallest absolute Gasteiger partial charge is 0.191 e. The van der Waals surface area contributed by atoms with Crippen molar-refractivity contribution in [3.63, 3.8) is 0 Å². The van der Waals surface area contributed by atoms with Crippen molar-refractivity contribution in [3.8, 4) is 11.3 Å². The summed E-state index contributed by atoms with van der Waals surface area (Å²) in [7, 11) is 0. The summed E-state index contributed by atoms with van der Waals surface area (Å²) < 4.78 is 0. The van der Waals surface area contributed by atoms with Crippen LogP contribution in [0.5, 0.6) is 0 Å². The summed E-state index contributed by atoms with van der Waals surface area (Å²) in [5.74, 6) is 0. The van der Waals surface area contributed by atoms with Gasteiger partial charge in [-0.25, -0.2) is 0 Å². The first-order valence-electron chi connectivity index (χ1n) is 7.73. The van der Waals surface area contributed by atoms with Crippen LogP contribution in [0.3, 0.4) is 0 Å². The predicted molar refractivity (Wildman–Crippen MR) is 93.8 cm³/mol. The highest BCUT2D eigenvalue weighted by molar-refractivity contribution is 5.80. The Hall–Kier alpha value is -2.49. The van der Waals surface area contributed by atoms with E-state index >= 15 is 0 Å². The Morgan fingerprint density at radius 3 is 2.57 bits per heavy atom. The molecule has 0 aliphatic rings. The van der Waals surface area contributed by atoms with E-state index in [2.05, 4.69) is 43.7 Å². The first-order chi connectivity index (χ1) is 10.8. The molecular formula is C19H21N3O. The van der Waals surface area contributed by atoms with Gasteiger partial charge in [0.15, 0.2) is 5.43 Å². The zero-order valence-electron chi connectivity index (χ0n) is 14.2. The molecule has 3 aromatic rings. The molecule has 1 N–H and O–H groups in total. The molecule has 4 nitrogen and oxygen atoms in total. The van der Waals surface area contributed by atoms with Gasteiger partial charge in [-0.2, -0.15) is 0 Å². The first-order valence-corrected chi connectivity index (χ1v) is 7.73. The lowest BCUT2D eigenvalue weighted by molar-refractivity contribution is 0.562. The van der Waals surface area contributed by atoms with Crippen molar-refractivity contribution < 1.29 is 0 Å². The molecule has 4 heteroatoms. The monoisotopic (exact) mass is 307 g/mol. The summed E-state index contributed by atoms with van der Waals surface area (Å²) in [5, 5.41) is 0.602. The summed E-state index contributed by atoms with van der Waals surface area (Å²) in [5.41, 5.74) is 5.66. The Bertz CT molecular complexity index is 949. The summed E-state index contributed by atoms with van der Waals surface area (Å²) >= 11 is 0. The highest BCUT2D eigenvalue weighted by Gasteiger charge is 2.20. The van der Waals surface area contributed by atoms with Gasteiger partial charge in [-0.05, 0) is 31.5 Å². The second kappa shape index (κ2) is 5.30. The van der Waals surface area contributed by atoms with E-state index < -0.39 is 0 Å². The SMILES string of the molecule is Cc1cc(-c2cc(=O)c3cnccc3[nH]2)c(C)nc1C(C)(C)C. The maximum absolute atomic E-state index is 12.3. The fourth-order valence-electron chi connectivity index (χ4n) is 2.97. The van der Waals surface area contributed by atoms with Crippen LogP contribution in [-0.4, -0.2) is 15.0 Å². The normalized spacial score (nSPS) is 11.9. The van der Waals surface area contributed by atoms with Crippen molar-refractivity contribution in [2.45, 2.75) is 40.0 Å². The Morgan fingerprint density at radius 1 is 1.13 bits per heavy atom. The van der Waals surface area contributed by atoms with E-state index in [-0.39, 0.29) is 10.8 Å². The molecule has 0 saturated carbocycles. The standard InChI is InChI=1S/C19H21N3O/c1-11-8-13(12(2)21-18(11)19(3,4)5)16-9-17(23)14-10-20-7-6-15(14)22-16/h6-10H,1-5H3,(H,22,23). The van der Waals surface area contributed by atoms with Crippen molar-refractivity contribution in [2.75, 3.05) is 0 Å². The minimum atomic E-state index is -0.0289. The molecule has 0 atom stereocenters. The quantitative estimate of drug-likeness (QED) is 0.741. The average Bonchev–Trinajstić information content (AvgIpc) is 2.48. The Kier molecular flexibility index (Phi) is 3.55. The zero-order chi connectivity index (χ0) is 16.8. The second-order valence-corrected chi connectivity index (χ2v) is 7.01. The molecule has 0 radical (unpaired) electrons. The molecular weight excluding hydrogens is 286 g/mol. The Labute approximate surface area is 135 Å². The molecule has 0 bridgehead atoms. The number of H-pyrrole nitrogens is 1. The Balaban J connectivity index is 2.24. The zero-order valence-corrected chi connectivity index (χ0v) is 14.2. The topological polar surface area (TPSA) is 58.6 Å². The van der Waals surface area contributed by atoms with Crippen LogP contribution in [0.2, 0.25) is 0 Å². The Morgan fingerprint density at radius 2 is 1.87 bits per heavy atom. The van der Waals surface area contributed by atoms with Gasteiger partial charge in [0.05, 0.1) is 16.6 Å². The highest BCUT2D eigenvalue weighted by Crippen LogP contribution is 2.29. The number of nitrogens with zero attached hydrogens (tertiary/aromatic N) is 2. The molecule has 0 unspecified atom stereocenters. The van der Waals surface area contributed by atoms with E-state index in [1.165, 1.54) is 0 Å². The summed E-state index contributed by atoms with van der Waals surface area (Å²) in [6.45, 7) is 10.5. The molecule has 0 saturated heterocycles. The first kappa shape index (κ1) is 15.4. The summed E-state index contributed by atoms with van der Waals surface area (Å²) in [6, 6.07) is 5.56. The summed E-state index contributed by atoms with van der Waals surface area (Å²) in [4.78, 5) is 24.5. The lowest BCUT2D eigenvalue weighted by Crippen LogP contribution is -2.16. The van der Waals surface area contributed by atoms with E-state index in [4.69, 9.17) is 4.98 Å². The van der Waals surface area contributed by atoms with Crippen molar-refractivity contribution in [2.24, 2.45) is 0 Å². The number of pyridine rings is 3. The van der Waals surface area contributed by atoms with Crippen LogP contribution < -0.4 is 5.43 Å². The van der Waals surface area contributed by atoms with Crippen LogP contribution in [0.4, 0.5) is 0 Å². The lowest BCUT2D eigenvalue weighted by atomic mass is 9.87. The van der Waals surface area contributed by atoms with E-state index in [0.717, 1.165) is 33.7 Å². The van der Waals surface area contributed by atoms with E-state index in [1.54, 1.807) is 18.5 Å². The van der Waals surface area contributed by atoms with Crippen LogP contribution in [0.1, 0.15) is 37.7 Å². The van der Waals surface area contributed by atoms with Crippen molar-refractivity contribution in [1.82, 2.24) is 15.0 Å². The molecule has 0 aliphatic carbocycles. The molecule has 3 heterocycles. The number of hydrogen-bond donors (Lipinski definition) is 1. The largest absolute Gasteiger partial charge is 0.354 e. The van der Waals surface area contributed by atoms with E-state index in [1.807, 2.05) is 13.0 Å². The third-order valence-electron chi connectivity index (χ3n) is 4.04. The summed E-state index contributed by atoms with van der Waals surface area (Å²) in [6.07, 6.45) is 3.28. The molecule has 0 aromatic carbocycles. The van der Waals surface area contributed by atoms with Gasteiger partial charge >= 0.3 is 0 Å². The van der Waals surface area contributed by atoms with E-state index in [9.17, 15) is 4.79 Å². The third-order valence-corrected chi connectivity index (χ3v) is 4.04. The molecule has 0 amide bonds. The van der Waals surface area contributed by atoms with Crippen molar-refractivity contribution in [1.29, 1.82) is 0 Å². The number of aromatic amines is 1. The average molecular weight is 307 g/mol. The molecule has 23 heavy (non-hydrogen) atoms. The van der Waals surface area contributed by atoms with Gasteiger partial charge < -0.3 is 4.98 Å².